The average Bonchev–Trinajstić information content (AvgIpc) is 2.58. The summed E-state index contributed by atoms with van der Waals surface area (Å²) in [5.74, 6) is 0. The van der Waals surface area contributed by atoms with Gasteiger partial charge in [-0.1, -0.05) is 24.4 Å². The molecule has 0 unspecified atom stereocenters. The Bertz CT molecular complexity index is 443. The van der Waals surface area contributed by atoms with Crippen LogP contribution in [0.15, 0.2) is 12.3 Å². The molecule has 1 aromatic heterocycles. The van der Waals surface area contributed by atoms with Crippen LogP contribution in [-0.4, -0.2) is 22.4 Å². The molecule has 0 amide bonds. The number of pyridine rings is 1. The fraction of sp³-hybridized carbons (Fsp3) is 0.583. The van der Waals surface area contributed by atoms with E-state index in [0.717, 1.165) is 43.6 Å². The van der Waals surface area contributed by atoms with Gasteiger partial charge in [-0.2, -0.15) is 0 Å². The normalized spacial score (nSPS) is 27.4. The van der Waals surface area contributed by atoms with Gasteiger partial charge in [0.25, 0.3) is 0 Å². The Kier molecular flexibility index (Phi) is 2.86. The van der Waals surface area contributed by atoms with Gasteiger partial charge in [-0.25, -0.2) is 0 Å². The highest BCUT2D eigenvalue weighted by atomic mass is 35.5. The molecular weight excluding hydrogens is 254 g/mol. The van der Waals surface area contributed by atoms with Gasteiger partial charge in [-0.15, -0.1) is 0 Å². The van der Waals surface area contributed by atoms with Crippen molar-refractivity contribution in [3.05, 3.63) is 28.5 Å². The number of piperidine rings is 1. The van der Waals surface area contributed by atoms with E-state index in [-0.39, 0.29) is 11.5 Å². The summed E-state index contributed by atoms with van der Waals surface area (Å²) in [6, 6.07) is 2.06. The number of nitrogens with two attached hydrogens (primary N) is 1. The molecule has 3 rings (SSSR count). The summed E-state index contributed by atoms with van der Waals surface area (Å²) in [5.41, 5.74) is 8.89. The van der Waals surface area contributed by atoms with Crippen molar-refractivity contribution in [1.29, 1.82) is 0 Å². The van der Waals surface area contributed by atoms with E-state index in [1.54, 1.807) is 6.20 Å². The number of nitrogens with zero attached hydrogens (tertiary/aromatic N) is 2. The summed E-state index contributed by atoms with van der Waals surface area (Å²) in [4.78, 5) is 4.43. The van der Waals surface area contributed by atoms with Gasteiger partial charge < -0.3 is 5.73 Å². The van der Waals surface area contributed by atoms with Crippen LogP contribution >= 0.6 is 24.4 Å². The number of hydrogen-bond donors (Lipinski definition) is 2. The molecule has 1 spiro atoms. The van der Waals surface area contributed by atoms with Crippen LogP contribution in [0.25, 0.3) is 0 Å². The zero-order valence-electron chi connectivity index (χ0n) is 9.56. The van der Waals surface area contributed by atoms with Crippen molar-refractivity contribution in [2.45, 2.75) is 25.3 Å². The van der Waals surface area contributed by atoms with Crippen LogP contribution in [0.2, 0.25) is 5.02 Å². The van der Waals surface area contributed by atoms with Gasteiger partial charge >= 0.3 is 0 Å². The molecule has 1 aliphatic carbocycles. The van der Waals surface area contributed by atoms with Gasteiger partial charge in [0.2, 0.25) is 0 Å². The standard InChI is InChI=1S/C12H16ClN3S/c13-8-5-9-10(15-7-8)6-12(11(9)14)1-3-16(17)4-2-12/h5,7,11,17H,1-4,6,14H2/t11-/m1/s1. The third kappa shape index (κ3) is 1.87. The quantitative estimate of drug-likeness (QED) is 0.710. The Morgan fingerprint density at radius 1 is 1.47 bits per heavy atom. The van der Waals surface area contributed by atoms with Crippen LogP contribution in [0.3, 0.4) is 0 Å². The molecule has 2 N–H and O–H groups in total. The second-order valence-electron chi connectivity index (χ2n) is 5.16. The second kappa shape index (κ2) is 4.12. The van der Waals surface area contributed by atoms with Crippen LogP contribution in [0.1, 0.15) is 30.1 Å². The number of aromatic nitrogens is 1. The molecule has 5 heteroatoms. The van der Waals surface area contributed by atoms with Gasteiger partial charge in [0.05, 0.1) is 5.02 Å². The molecule has 1 aliphatic heterocycles. The predicted molar refractivity (Wildman–Crippen MR) is 72.1 cm³/mol. The fourth-order valence-corrected chi connectivity index (χ4v) is 3.47. The molecule has 0 aromatic carbocycles. The van der Waals surface area contributed by atoms with Crippen molar-refractivity contribution in [2.75, 3.05) is 13.1 Å². The minimum Gasteiger partial charge on any atom is -0.323 e. The first-order valence-electron chi connectivity index (χ1n) is 5.94. The zero-order valence-corrected chi connectivity index (χ0v) is 11.2. The fourth-order valence-electron chi connectivity index (χ4n) is 3.10. The Morgan fingerprint density at radius 2 is 2.18 bits per heavy atom. The van der Waals surface area contributed by atoms with E-state index in [2.05, 4.69) is 22.1 Å². The summed E-state index contributed by atoms with van der Waals surface area (Å²) in [7, 11) is 0. The van der Waals surface area contributed by atoms with E-state index >= 15 is 0 Å². The van der Waals surface area contributed by atoms with Crippen LogP contribution in [0.5, 0.6) is 0 Å². The van der Waals surface area contributed by atoms with E-state index in [0.29, 0.717) is 5.02 Å². The molecule has 2 aliphatic rings. The maximum Gasteiger partial charge on any atom is 0.0592 e. The summed E-state index contributed by atoms with van der Waals surface area (Å²) in [6.45, 7) is 2.00. The number of thiol groups is 1. The van der Waals surface area contributed by atoms with Gasteiger partial charge in [0.1, 0.15) is 0 Å². The monoisotopic (exact) mass is 269 g/mol. The van der Waals surface area contributed by atoms with Crippen molar-refractivity contribution >= 4 is 24.4 Å². The molecule has 2 heterocycles. The van der Waals surface area contributed by atoms with Crippen molar-refractivity contribution < 1.29 is 0 Å². The second-order valence-corrected chi connectivity index (χ2v) is 6.16. The van der Waals surface area contributed by atoms with E-state index in [1.165, 1.54) is 0 Å². The minimum absolute atomic E-state index is 0.0748. The van der Waals surface area contributed by atoms with E-state index in [1.807, 2.05) is 6.07 Å². The zero-order chi connectivity index (χ0) is 12.0. The molecule has 1 atom stereocenters. The lowest BCUT2D eigenvalue weighted by molar-refractivity contribution is 0.139. The van der Waals surface area contributed by atoms with Gasteiger partial charge in [-0.05, 0) is 36.3 Å². The highest BCUT2D eigenvalue weighted by molar-refractivity contribution is 7.77. The molecule has 1 saturated heterocycles. The molecule has 1 fully saturated rings. The number of halogens is 1. The first-order chi connectivity index (χ1) is 8.11. The van der Waals surface area contributed by atoms with Crippen LogP contribution in [0, 0.1) is 5.41 Å². The number of hydrogen-bond acceptors (Lipinski definition) is 4. The largest absolute Gasteiger partial charge is 0.323 e. The molecule has 92 valence electrons. The van der Waals surface area contributed by atoms with E-state index < -0.39 is 0 Å². The molecule has 0 saturated carbocycles. The summed E-state index contributed by atoms with van der Waals surface area (Å²) in [5, 5.41) is 0.683. The molecule has 3 nitrogen and oxygen atoms in total. The van der Waals surface area contributed by atoms with Crippen LogP contribution < -0.4 is 5.73 Å². The Hall–Kier alpha value is -0.290. The molecule has 17 heavy (non-hydrogen) atoms. The van der Waals surface area contributed by atoms with E-state index in [4.69, 9.17) is 17.3 Å². The van der Waals surface area contributed by atoms with Gasteiger partial charge in [0, 0.05) is 31.0 Å². The van der Waals surface area contributed by atoms with Crippen molar-refractivity contribution in [1.82, 2.24) is 9.29 Å². The van der Waals surface area contributed by atoms with E-state index in [9.17, 15) is 0 Å². The van der Waals surface area contributed by atoms with Crippen molar-refractivity contribution in [3.8, 4) is 0 Å². The lowest BCUT2D eigenvalue weighted by atomic mass is 9.74. The lowest BCUT2D eigenvalue weighted by Crippen LogP contribution is -2.41. The van der Waals surface area contributed by atoms with Crippen LogP contribution in [0.4, 0.5) is 0 Å². The predicted octanol–water partition coefficient (Wildman–Crippen LogP) is 2.22. The number of fused-ring (bicyclic) bond motifs is 1. The third-order valence-electron chi connectivity index (χ3n) is 4.22. The molecule has 0 radical (unpaired) electrons. The maximum atomic E-state index is 6.43. The molecule has 0 bridgehead atoms. The maximum absolute atomic E-state index is 6.43. The Balaban J connectivity index is 1.93. The summed E-state index contributed by atoms with van der Waals surface area (Å²) >= 11 is 10.4. The topological polar surface area (TPSA) is 42.1 Å². The lowest BCUT2D eigenvalue weighted by Gasteiger charge is -2.40. The molecular formula is C12H16ClN3S. The molecule has 1 aromatic rings. The van der Waals surface area contributed by atoms with Crippen molar-refractivity contribution in [2.24, 2.45) is 11.1 Å². The van der Waals surface area contributed by atoms with Crippen molar-refractivity contribution in [3.63, 3.8) is 0 Å². The summed E-state index contributed by atoms with van der Waals surface area (Å²) in [6.07, 6.45) is 4.89. The highest BCUT2D eigenvalue weighted by Gasteiger charge is 2.46. The smallest absolute Gasteiger partial charge is 0.0592 e. The Labute approximate surface area is 112 Å². The van der Waals surface area contributed by atoms with Crippen LogP contribution in [-0.2, 0) is 6.42 Å². The Morgan fingerprint density at radius 3 is 2.88 bits per heavy atom. The highest BCUT2D eigenvalue weighted by Crippen LogP contribution is 2.50. The third-order valence-corrected chi connectivity index (χ3v) is 4.83. The first-order valence-corrected chi connectivity index (χ1v) is 6.72. The van der Waals surface area contributed by atoms with Gasteiger partial charge in [0.15, 0.2) is 0 Å². The number of rotatable bonds is 0. The summed E-state index contributed by atoms with van der Waals surface area (Å²) < 4.78 is 2.07. The first kappa shape index (κ1) is 11.8. The van der Waals surface area contributed by atoms with Gasteiger partial charge in [-0.3, -0.25) is 9.29 Å². The SMILES string of the molecule is N[C@@H]1c2cc(Cl)cnc2CC12CCN(S)CC2. The minimum atomic E-state index is 0.0748. The average molecular weight is 270 g/mol.